The monoisotopic (exact) mass is 417 g/mol. The number of aryl methyl sites for hydroxylation is 2. The highest BCUT2D eigenvalue weighted by Gasteiger charge is 2.12. The molecule has 0 radical (unpaired) electrons. The van der Waals surface area contributed by atoms with Crippen molar-refractivity contribution >= 4 is 39.1 Å². The topological polar surface area (TPSA) is 90.8 Å². The summed E-state index contributed by atoms with van der Waals surface area (Å²) in [5.74, 6) is -0.847. The van der Waals surface area contributed by atoms with Gasteiger partial charge < -0.3 is 10.4 Å². The predicted octanol–water partition coefficient (Wildman–Crippen LogP) is 3.91. The molecule has 2 amide bonds. The van der Waals surface area contributed by atoms with Crippen molar-refractivity contribution in [2.75, 3.05) is 5.32 Å². The number of nitrogens with zero attached hydrogens (tertiary/aromatic N) is 1. The molecule has 0 fully saturated rings. The van der Waals surface area contributed by atoms with Crippen LogP contribution in [0.15, 0.2) is 46.0 Å². The zero-order valence-electron chi connectivity index (χ0n) is 14.8. The summed E-state index contributed by atoms with van der Waals surface area (Å²) in [6, 6.07) is 10.4. The SMILES string of the molecule is C/C(CC(=O)Nc1ccc(Br)cc1C)=N\NC(=O)c1cccc(C)c1O. The summed E-state index contributed by atoms with van der Waals surface area (Å²) in [5, 5.41) is 16.6. The van der Waals surface area contributed by atoms with Gasteiger partial charge >= 0.3 is 0 Å². The van der Waals surface area contributed by atoms with Gasteiger partial charge in [0, 0.05) is 15.9 Å². The number of anilines is 1. The quantitative estimate of drug-likeness (QED) is 0.508. The standard InChI is InChI=1S/C19H20BrN3O3/c1-11-5-4-6-15(18(11)25)19(26)23-22-13(3)10-17(24)21-16-8-7-14(20)9-12(16)2/h4-9,25H,10H2,1-3H3,(H,21,24)(H,23,26)/b22-13+. The third-order valence-electron chi connectivity index (χ3n) is 3.71. The summed E-state index contributed by atoms with van der Waals surface area (Å²) in [4.78, 5) is 24.2. The number of aromatic hydroxyl groups is 1. The lowest BCUT2D eigenvalue weighted by Gasteiger charge is -2.09. The van der Waals surface area contributed by atoms with Crippen molar-refractivity contribution in [1.82, 2.24) is 5.43 Å². The van der Waals surface area contributed by atoms with E-state index in [2.05, 4.69) is 31.8 Å². The van der Waals surface area contributed by atoms with Gasteiger partial charge in [-0.15, -0.1) is 0 Å². The summed E-state index contributed by atoms with van der Waals surface area (Å²) in [6.45, 7) is 5.25. The molecule has 0 aliphatic rings. The van der Waals surface area contributed by atoms with Crippen LogP contribution in [0.4, 0.5) is 5.69 Å². The third kappa shape index (κ3) is 5.16. The largest absolute Gasteiger partial charge is 0.507 e. The molecule has 0 saturated carbocycles. The van der Waals surface area contributed by atoms with Crippen molar-refractivity contribution in [3.63, 3.8) is 0 Å². The lowest BCUT2D eigenvalue weighted by atomic mass is 10.1. The molecule has 0 unspecified atom stereocenters. The molecule has 2 rings (SSSR count). The van der Waals surface area contributed by atoms with E-state index in [-0.39, 0.29) is 23.6 Å². The van der Waals surface area contributed by atoms with Crippen LogP contribution in [-0.2, 0) is 4.79 Å². The zero-order valence-corrected chi connectivity index (χ0v) is 16.3. The Morgan fingerprint density at radius 3 is 2.58 bits per heavy atom. The number of hydrazone groups is 1. The molecule has 3 N–H and O–H groups in total. The van der Waals surface area contributed by atoms with Gasteiger partial charge in [0.05, 0.1) is 12.0 Å². The normalized spacial score (nSPS) is 11.2. The van der Waals surface area contributed by atoms with Gasteiger partial charge in [0.2, 0.25) is 5.91 Å². The van der Waals surface area contributed by atoms with E-state index >= 15 is 0 Å². The minimum Gasteiger partial charge on any atom is -0.507 e. The average Bonchev–Trinajstić information content (AvgIpc) is 2.57. The Bertz CT molecular complexity index is 878. The van der Waals surface area contributed by atoms with Crippen LogP contribution in [0.25, 0.3) is 0 Å². The first-order chi connectivity index (χ1) is 12.3. The molecule has 0 bridgehead atoms. The highest BCUT2D eigenvalue weighted by molar-refractivity contribution is 9.10. The fraction of sp³-hybridized carbons (Fsp3) is 0.211. The fourth-order valence-corrected chi connectivity index (χ4v) is 2.76. The van der Waals surface area contributed by atoms with E-state index in [1.807, 2.05) is 25.1 Å². The Morgan fingerprint density at radius 2 is 1.88 bits per heavy atom. The molecule has 136 valence electrons. The van der Waals surface area contributed by atoms with E-state index in [9.17, 15) is 14.7 Å². The lowest BCUT2D eigenvalue weighted by Crippen LogP contribution is -2.21. The number of phenols is 1. The number of nitrogens with one attached hydrogen (secondary N) is 2. The van der Waals surface area contributed by atoms with Crippen LogP contribution in [0.1, 0.15) is 34.8 Å². The van der Waals surface area contributed by atoms with Crippen LogP contribution >= 0.6 is 15.9 Å². The number of rotatable bonds is 5. The predicted molar refractivity (Wildman–Crippen MR) is 106 cm³/mol. The molecule has 0 aliphatic heterocycles. The van der Waals surface area contributed by atoms with Crippen molar-refractivity contribution in [3.8, 4) is 5.75 Å². The second-order valence-electron chi connectivity index (χ2n) is 5.94. The number of hydrogen-bond acceptors (Lipinski definition) is 4. The number of halogens is 1. The Kier molecular flexibility index (Phi) is 6.52. The number of hydrogen-bond donors (Lipinski definition) is 3. The van der Waals surface area contributed by atoms with E-state index in [0.717, 1.165) is 15.7 Å². The number of carbonyl (C=O) groups excluding carboxylic acids is 2. The summed E-state index contributed by atoms with van der Waals surface area (Å²) in [6.07, 6.45) is 0.0373. The first-order valence-electron chi connectivity index (χ1n) is 7.96. The number of amides is 2. The smallest absolute Gasteiger partial charge is 0.275 e. The number of para-hydroxylation sites is 1. The number of benzene rings is 2. The molecule has 7 heteroatoms. The van der Waals surface area contributed by atoms with E-state index in [0.29, 0.717) is 11.3 Å². The van der Waals surface area contributed by atoms with Crippen LogP contribution in [0.2, 0.25) is 0 Å². The molecule has 0 spiro atoms. The average molecular weight is 418 g/mol. The molecule has 0 aliphatic carbocycles. The maximum Gasteiger partial charge on any atom is 0.275 e. The van der Waals surface area contributed by atoms with E-state index in [1.54, 1.807) is 26.0 Å². The molecule has 0 heterocycles. The van der Waals surface area contributed by atoms with Crippen molar-refractivity contribution in [1.29, 1.82) is 0 Å². The van der Waals surface area contributed by atoms with Gasteiger partial charge in [-0.3, -0.25) is 9.59 Å². The van der Waals surface area contributed by atoms with E-state index in [4.69, 9.17) is 0 Å². The van der Waals surface area contributed by atoms with Crippen molar-refractivity contribution in [2.24, 2.45) is 5.10 Å². The third-order valence-corrected chi connectivity index (χ3v) is 4.20. The van der Waals surface area contributed by atoms with Crippen LogP contribution in [0.5, 0.6) is 5.75 Å². The minimum atomic E-state index is -0.533. The van der Waals surface area contributed by atoms with Gasteiger partial charge in [-0.05, 0) is 56.2 Å². The molecule has 26 heavy (non-hydrogen) atoms. The molecular formula is C19H20BrN3O3. The highest BCUT2D eigenvalue weighted by atomic mass is 79.9. The van der Waals surface area contributed by atoms with Gasteiger partial charge in [-0.1, -0.05) is 28.1 Å². The van der Waals surface area contributed by atoms with Crippen LogP contribution < -0.4 is 10.7 Å². The van der Waals surface area contributed by atoms with E-state index < -0.39 is 5.91 Å². The maximum absolute atomic E-state index is 12.1. The molecule has 6 nitrogen and oxygen atoms in total. The molecular weight excluding hydrogens is 398 g/mol. The Hall–Kier alpha value is -2.67. The lowest BCUT2D eigenvalue weighted by molar-refractivity contribution is -0.115. The summed E-state index contributed by atoms with van der Waals surface area (Å²) in [7, 11) is 0. The van der Waals surface area contributed by atoms with Crippen molar-refractivity contribution in [2.45, 2.75) is 27.2 Å². The van der Waals surface area contributed by atoms with Crippen molar-refractivity contribution in [3.05, 3.63) is 57.6 Å². The molecule has 0 saturated heterocycles. The van der Waals surface area contributed by atoms with Gasteiger partial charge in [-0.2, -0.15) is 5.10 Å². The molecule has 2 aromatic rings. The van der Waals surface area contributed by atoms with Crippen LogP contribution in [0, 0.1) is 13.8 Å². The molecule has 0 atom stereocenters. The van der Waals surface area contributed by atoms with Gasteiger partial charge in [0.25, 0.3) is 5.91 Å². The molecule has 2 aromatic carbocycles. The van der Waals surface area contributed by atoms with Crippen molar-refractivity contribution < 1.29 is 14.7 Å². The zero-order chi connectivity index (χ0) is 19.3. The van der Waals surface area contributed by atoms with Crippen LogP contribution in [-0.4, -0.2) is 22.6 Å². The number of carbonyl (C=O) groups is 2. The fourth-order valence-electron chi connectivity index (χ4n) is 2.28. The Balaban J connectivity index is 1.96. The summed E-state index contributed by atoms with van der Waals surface area (Å²) < 4.78 is 0.938. The molecule has 0 aromatic heterocycles. The second kappa shape index (κ2) is 8.62. The first kappa shape index (κ1) is 19.7. The maximum atomic E-state index is 12.1. The first-order valence-corrected chi connectivity index (χ1v) is 8.75. The summed E-state index contributed by atoms with van der Waals surface area (Å²) in [5.41, 5.74) is 5.19. The van der Waals surface area contributed by atoms with E-state index in [1.165, 1.54) is 6.07 Å². The Morgan fingerprint density at radius 1 is 1.15 bits per heavy atom. The minimum absolute atomic E-state index is 0.0373. The number of phenolic OH excluding ortho intramolecular Hbond substituents is 1. The van der Waals surface area contributed by atoms with Gasteiger partial charge in [0.1, 0.15) is 5.75 Å². The highest BCUT2D eigenvalue weighted by Crippen LogP contribution is 2.21. The van der Waals surface area contributed by atoms with Crippen LogP contribution in [0.3, 0.4) is 0 Å². The second-order valence-corrected chi connectivity index (χ2v) is 6.86. The van der Waals surface area contributed by atoms with Gasteiger partial charge in [0.15, 0.2) is 0 Å². The Labute approximate surface area is 160 Å². The summed E-state index contributed by atoms with van der Waals surface area (Å²) >= 11 is 3.38. The van der Waals surface area contributed by atoms with Gasteiger partial charge in [-0.25, -0.2) is 5.43 Å².